The van der Waals surface area contributed by atoms with Crippen LogP contribution >= 0.6 is 7.75 Å². The van der Waals surface area contributed by atoms with Crippen LogP contribution in [0.3, 0.4) is 0 Å². The van der Waals surface area contributed by atoms with Gasteiger partial charge in [0.25, 0.3) is 5.69 Å². The van der Waals surface area contributed by atoms with Crippen LogP contribution in [0.1, 0.15) is 13.8 Å². The number of esters is 1. The quantitative estimate of drug-likeness (QED) is 0.168. The van der Waals surface area contributed by atoms with Crippen LogP contribution in [0.15, 0.2) is 54.6 Å². The molecule has 0 radical (unpaired) electrons. The van der Waals surface area contributed by atoms with Gasteiger partial charge in [0, 0.05) is 16.9 Å². The minimum Gasteiger partial charge on any atom is -0.465 e. The monoisotopic (exact) mass is 393 g/mol. The van der Waals surface area contributed by atoms with E-state index in [0.29, 0.717) is 16.2 Å². The highest BCUT2D eigenvalue weighted by molar-refractivity contribution is 7.52. The van der Waals surface area contributed by atoms with E-state index in [0.717, 1.165) is 0 Å². The predicted octanol–water partition coefficient (Wildman–Crippen LogP) is 3.53. The molecular formula is C18H22N2O6P+. The standard InChI is InChI=1S/C18H22N2O6P/c1-4-24-18(21)14(2)19-27(23,25-16-8-6-5-7-9-16)26-17-12-10-15(11-13-17)20(3)22/h5-14,22H,3-4H2,1-2H3,(H,19,23)/q+1/t14-,27-/m0/s1. The van der Waals surface area contributed by atoms with Crippen LogP contribution in [0.4, 0.5) is 5.69 Å². The second-order valence-electron chi connectivity index (χ2n) is 5.49. The third kappa shape index (κ3) is 6.13. The average molecular weight is 393 g/mol. The van der Waals surface area contributed by atoms with Crippen LogP contribution in [0.25, 0.3) is 0 Å². The minimum absolute atomic E-state index is 0.194. The summed E-state index contributed by atoms with van der Waals surface area (Å²) in [6.45, 7) is 6.72. The Morgan fingerprint density at radius 3 is 2.22 bits per heavy atom. The van der Waals surface area contributed by atoms with E-state index in [9.17, 15) is 14.6 Å². The number of nitrogens with zero attached hydrogens (tertiary/aromatic N) is 1. The molecule has 2 rings (SSSR count). The van der Waals surface area contributed by atoms with Gasteiger partial charge in [0.1, 0.15) is 17.5 Å². The van der Waals surface area contributed by atoms with E-state index in [1.54, 1.807) is 37.3 Å². The summed E-state index contributed by atoms with van der Waals surface area (Å²) in [5.41, 5.74) is 0.411. The third-order valence-corrected chi connectivity index (χ3v) is 4.93. The fraction of sp³-hybridized carbons (Fsp3) is 0.222. The number of para-hydroxylation sites is 1. The zero-order valence-electron chi connectivity index (χ0n) is 15.1. The lowest BCUT2D eigenvalue weighted by molar-refractivity contribution is -0.706. The molecule has 9 heteroatoms. The minimum atomic E-state index is -3.98. The molecule has 0 spiro atoms. The molecule has 144 valence electrons. The van der Waals surface area contributed by atoms with Gasteiger partial charge in [-0.25, -0.2) is 4.57 Å². The Balaban J connectivity index is 2.23. The van der Waals surface area contributed by atoms with Crippen LogP contribution in [0.2, 0.25) is 0 Å². The van der Waals surface area contributed by atoms with Crippen LogP contribution in [-0.4, -0.2) is 35.3 Å². The first-order chi connectivity index (χ1) is 12.8. The van der Waals surface area contributed by atoms with E-state index in [2.05, 4.69) is 11.8 Å². The zero-order chi connectivity index (χ0) is 19.9. The Bertz CT molecular complexity index is 826. The van der Waals surface area contributed by atoms with Crippen LogP contribution in [0, 0.1) is 0 Å². The van der Waals surface area contributed by atoms with Gasteiger partial charge in [-0.05, 0) is 38.1 Å². The molecule has 2 aromatic rings. The highest BCUT2D eigenvalue weighted by atomic mass is 31.2. The summed E-state index contributed by atoms with van der Waals surface area (Å²) in [6.07, 6.45) is 0. The molecule has 2 atom stereocenters. The van der Waals surface area contributed by atoms with Gasteiger partial charge < -0.3 is 13.8 Å². The molecule has 0 aromatic heterocycles. The maximum absolute atomic E-state index is 13.3. The summed E-state index contributed by atoms with van der Waals surface area (Å²) in [7, 11) is -3.98. The second-order valence-corrected chi connectivity index (χ2v) is 7.11. The van der Waals surface area contributed by atoms with Crippen molar-refractivity contribution in [3.63, 3.8) is 0 Å². The normalized spacial score (nSPS) is 13.9. The van der Waals surface area contributed by atoms with Gasteiger partial charge in [-0.3, -0.25) is 10.0 Å². The Labute approximate surface area is 157 Å². The van der Waals surface area contributed by atoms with Crippen LogP contribution < -0.4 is 14.1 Å². The Hall–Kier alpha value is -2.83. The number of carbonyl (C=O) groups excluding carboxylic acids is 1. The molecule has 2 aromatic carbocycles. The van der Waals surface area contributed by atoms with E-state index < -0.39 is 19.8 Å². The second kappa shape index (κ2) is 9.21. The molecule has 0 aliphatic rings. The lowest BCUT2D eigenvalue weighted by Gasteiger charge is -2.23. The lowest BCUT2D eigenvalue weighted by atomic mass is 10.3. The number of hydrogen-bond acceptors (Lipinski definition) is 6. The van der Waals surface area contributed by atoms with Gasteiger partial charge >= 0.3 is 13.7 Å². The van der Waals surface area contributed by atoms with Crippen molar-refractivity contribution in [1.82, 2.24) is 5.09 Å². The molecule has 0 heterocycles. The Morgan fingerprint density at radius 1 is 1.15 bits per heavy atom. The molecule has 0 aliphatic carbocycles. The highest BCUT2D eigenvalue weighted by Gasteiger charge is 2.33. The van der Waals surface area contributed by atoms with Crippen molar-refractivity contribution >= 4 is 26.1 Å². The number of ether oxygens (including phenoxy) is 1. The van der Waals surface area contributed by atoms with Gasteiger partial charge in [0.15, 0.2) is 6.72 Å². The summed E-state index contributed by atoms with van der Waals surface area (Å²) >= 11 is 0. The first-order valence-electron chi connectivity index (χ1n) is 8.21. The van der Waals surface area contributed by atoms with Gasteiger partial charge in [0.05, 0.1) is 6.61 Å². The third-order valence-electron chi connectivity index (χ3n) is 3.32. The summed E-state index contributed by atoms with van der Waals surface area (Å²) in [4.78, 5) is 11.9. The van der Waals surface area contributed by atoms with E-state index in [4.69, 9.17) is 13.8 Å². The van der Waals surface area contributed by atoms with Gasteiger partial charge in [0.2, 0.25) is 0 Å². The SMILES string of the molecule is C=[N+](O)c1ccc(O[P@](=O)(N[C@@H](C)C(=O)OCC)Oc2ccccc2)cc1. The highest BCUT2D eigenvalue weighted by Crippen LogP contribution is 2.45. The van der Waals surface area contributed by atoms with E-state index in [1.807, 2.05) is 0 Å². The number of nitrogens with one attached hydrogen (secondary N) is 1. The van der Waals surface area contributed by atoms with Gasteiger partial charge in [-0.2, -0.15) is 5.09 Å². The number of carbonyl (C=O) groups is 1. The lowest BCUT2D eigenvalue weighted by Crippen LogP contribution is -2.35. The van der Waals surface area contributed by atoms with Crippen LogP contribution in [0.5, 0.6) is 11.5 Å². The largest absolute Gasteiger partial charge is 0.513 e. The first kappa shape index (κ1) is 20.5. The molecule has 2 N–H and O–H groups in total. The maximum atomic E-state index is 13.3. The molecule has 0 unspecified atom stereocenters. The zero-order valence-corrected chi connectivity index (χ0v) is 16.0. The van der Waals surface area contributed by atoms with Crippen molar-refractivity contribution in [3.8, 4) is 11.5 Å². The molecule has 0 saturated heterocycles. The van der Waals surface area contributed by atoms with Crippen molar-refractivity contribution < 1.29 is 33.1 Å². The van der Waals surface area contributed by atoms with Crippen molar-refractivity contribution in [1.29, 1.82) is 0 Å². The van der Waals surface area contributed by atoms with E-state index in [1.165, 1.54) is 31.2 Å². The Kier molecular flexibility index (Phi) is 6.98. The molecule has 0 bridgehead atoms. The maximum Gasteiger partial charge on any atom is 0.513 e. The van der Waals surface area contributed by atoms with Crippen molar-refractivity contribution in [2.24, 2.45) is 0 Å². The molecule has 0 amide bonds. The first-order valence-corrected chi connectivity index (χ1v) is 9.75. The summed E-state index contributed by atoms with van der Waals surface area (Å²) < 4.78 is 29.9. The predicted molar refractivity (Wildman–Crippen MR) is 99.8 cm³/mol. The number of benzene rings is 2. The van der Waals surface area contributed by atoms with Crippen molar-refractivity contribution in [2.75, 3.05) is 6.61 Å². The fourth-order valence-corrected chi connectivity index (χ4v) is 3.59. The Morgan fingerprint density at radius 2 is 1.70 bits per heavy atom. The number of rotatable bonds is 9. The van der Waals surface area contributed by atoms with Crippen LogP contribution in [-0.2, 0) is 14.1 Å². The molecule has 27 heavy (non-hydrogen) atoms. The van der Waals surface area contributed by atoms with E-state index >= 15 is 0 Å². The molecule has 0 fully saturated rings. The average Bonchev–Trinajstić information content (AvgIpc) is 2.62. The fourth-order valence-electron chi connectivity index (χ4n) is 2.07. The molecule has 8 nitrogen and oxygen atoms in total. The summed E-state index contributed by atoms with van der Waals surface area (Å²) in [6, 6.07) is 13.5. The molecule has 0 saturated carbocycles. The summed E-state index contributed by atoms with van der Waals surface area (Å²) in [5.74, 6) is -0.0648. The van der Waals surface area contributed by atoms with Gasteiger partial charge in [-0.15, -0.1) is 0 Å². The van der Waals surface area contributed by atoms with Crippen molar-refractivity contribution in [2.45, 2.75) is 19.9 Å². The van der Waals surface area contributed by atoms with Gasteiger partial charge in [-0.1, -0.05) is 18.2 Å². The smallest absolute Gasteiger partial charge is 0.465 e. The summed E-state index contributed by atoms with van der Waals surface area (Å²) in [5, 5.41) is 11.9. The van der Waals surface area contributed by atoms with Crippen molar-refractivity contribution in [3.05, 3.63) is 54.6 Å². The van der Waals surface area contributed by atoms with E-state index in [-0.39, 0.29) is 12.4 Å². The molecule has 0 aliphatic heterocycles. The number of hydrogen-bond donors (Lipinski definition) is 2. The topological polar surface area (TPSA) is 97.1 Å². The molecular weight excluding hydrogens is 371 g/mol.